The van der Waals surface area contributed by atoms with E-state index in [-0.39, 0.29) is 17.2 Å². The largest absolute Gasteiger partial charge is 0.378 e. The molecule has 11 heteroatoms. The number of nitrogen functional groups attached to an aromatic ring is 1. The highest BCUT2D eigenvalue weighted by molar-refractivity contribution is 6.00. The average molecular weight is 344 g/mol. The van der Waals surface area contributed by atoms with Crippen LogP contribution in [0, 0.1) is 12.7 Å². The summed E-state index contributed by atoms with van der Waals surface area (Å²) in [5.41, 5.74) is 9.15. The van der Waals surface area contributed by atoms with Crippen molar-refractivity contribution in [3.8, 4) is 5.82 Å². The highest BCUT2D eigenvalue weighted by Crippen LogP contribution is 2.15. The van der Waals surface area contributed by atoms with E-state index in [1.807, 2.05) is 0 Å². The van der Waals surface area contributed by atoms with Gasteiger partial charge in [0.25, 0.3) is 5.91 Å². The number of hydrogen-bond donors (Lipinski definition) is 2. The third kappa shape index (κ3) is 3.06. The van der Waals surface area contributed by atoms with Crippen molar-refractivity contribution >= 4 is 17.4 Å². The van der Waals surface area contributed by atoms with Crippen molar-refractivity contribution in [1.82, 2.24) is 30.7 Å². The van der Waals surface area contributed by atoms with Gasteiger partial charge in [-0.05, 0) is 36.3 Å². The molecule has 3 rings (SSSR count). The molecule has 3 N–H and O–H groups in total. The molecule has 0 radical (unpaired) electrons. The van der Waals surface area contributed by atoms with Crippen LogP contribution >= 0.6 is 0 Å². The van der Waals surface area contributed by atoms with Crippen LogP contribution in [0.5, 0.6) is 0 Å². The minimum absolute atomic E-state index is 0.0225. The average Bonchev–Trinajstić information content (AvgIpc) is 3.18. The van der Waals surface area contributed by atoms with Gasteiger partial charge in [-0.25, -0.2) is 14.4 Å². The zero-order valence-electron chi connectivity index (χ0n) is 13.3. The number of nitrogens with one attached hydrogen (secondary N) is 1. The molecule has 0 spiro atoms. The lowest BCUT2D eigenvalue weighted by Gasteiger charge is -2.05. The molecule has 0 bridgehead atoms. The van der Waals surface area contributed by atoms with E-state index in [2.05, 4.69) is 35.8 Å². The van der Waals surface area contributed by atoms with Gasteiger partial charge >= 0.3 is 0 Å². The molecule has 1 amide bonds. The number of halogens is 1. The van der Waals surface area contributed by atoms with Crippen LogP contribution in [-0.2, 0) is 0 Å². The maximum atomic E-state index is 13.6. The summed E-state index contributed by atoms with van der Waals surface area (Å²) in [5, 5.41) is 18.9. The molecule has 2 heterocycles. The SMILES string of the molecule is C/C(=N\NC(=O)c1ccccc1F)c1c(C)nnn1-c1nonc1N. The topological polar surface area (TPSA) is 137 Å². The van der Waals surface area contributed by atoms with E-state index >= 15 is 0 Å². The zero-order chi connectivity index (χ0) is 18.0. The Balaban J connectivity index is 1.89. The number of aromatic nitrogens is 5. The molecule has 0 saturated heterocycles. The molecule has 2 aromatic heterocycles. The Morgan fingerprint density at radius 2 is 2.12 bits per heavy atom. The molecule has 3 aromatic rings. The maximum absolute atomic E-state index is 13.6. The van der Waals surface area contributed by atoms with Crippen molar-refractivity contribution in [3.05, 3.63) is 47.0 Å². The number of carbonyl (C=O) groups excluding carboxylic acids is 1. The van der Waals surface area contributed by atoms with Gasteiger partial charge in [-0.2, -0.15) is 9.78 Å². The second kappa shape index (κ2) is 6.47. The molecule has 0 aliphatic heterocycles. The Morgan fingerprint density at radius 1 is 1.36 bits per heavy atom. The van der Waals surface area contributed by atoms with E-state index in [0.29, 0.717) is 17.1 Å². The molecule has 0 atom stereocenters. The molecule has 25 heavy (non-hydrogen) atoms. The molecule has 0 aliphatic rings. The summed E-state index contributed by atoms with van der Waals surface area (Å²) in [5.74, 6) is -1.16. The summed E-state index contributed by atoms with van der Waals surface area (Å²) in [4.78, 5) is 12.0. The summed E-state index contributed by atoms with van der Waals surface area (Å²) in [6, 6.07) is 5.59. The van der Waals surface area contributed by atoms with Crippen molar-refractivity contribution < 1.29 is 13.8 Å². The van der Waals surface area contributed by atoms with Crippen LogP contribution in [0.4, 0.5) is 10.2 Å². The number of amides is 1. The fourth-order valence-corrected chi connectivity index (χ4v) is 2.15. The third-order valence-electron chi connectivity index (χ3n) is 3.32. The quantitative estimate of drug-likeness (QED) is 0.528. The molecule has 1 aromatic carbocycles. The van der Waals surface area contributed by atoms with Gasteiger partial charge in [0.2, 0.25) is 11.6 Å². The first kappa shape index (κ1) is 16.2. The molecule has 128 valence electrons. The maximum Gasteiger partial charge on any atom is 0.274 e. The van der Waals surface area contributed by atoms with Crippen molar-refractivity contribution in [2.75, 3.05) is 5.73 Å². The number of anilines is 1. The second-order valence-electron chi connectivity index (χ2n) is 5.03. The molecular weight excluding hydrogens is 331 g/mol. The monoisotopic (exact) mass is 344 g/mol. The second-order valence-corrected chi connectivity index (χ2v) is 5.03. The van der Waals surface area contributed by atoms with E-state index in [4.69, 9.17) is 5.73 Å². The molecule has 0 fully saturated rings. The highest BCUT2D eigenvalue weighted by Gasteiger charge is 2.20. The first-order valence-corrected chi connectivity index (χ1v) is 7.09. The predicted molar refractivity (Wildman–Crippen MR) is 84.4 cm³/mol. The number of nitrogens with two attached hydrogens (primary N) is 1. The lowest BCUT2D eigenvalue weighted by atomic mass is 10.2. The number of carbonyl (C=O) groups is 1. The van der Waals surface area contributed by atoms with E-state index in [1.54, 1.807) is 19.9 Å². The molecule has 0 unspecified atom stereocenters. The first-order valence-electron chi connectivity index (χ1n) is 7.09. The standard InChI is InChI=1S/C14H13FN8O2/c1-7(17-19-14(24)9-5-3-4-6-10(9)15)11-8(2)18-22-23(11)13-12(16)20-25-21-13/h3-6H,1-2H3,(H2,16,20)(H,19,24)/b17-7+. The van der Waals surface area contributed by atoms with Crippen LogP contribution < -0.4 is 11.2 Å². The van der Waals surface area contributed by atoms with Crippen LogP contribution in [0.25, 0.3) is 5.82 Å². The number of benzene rings is 1. The van der Waals surface area contributed by atoms with Gasteiger partial charge in [0, 0.05) is 0 Å². The number of hydrazone groups is 1. The number of nitrogens with zero attached hydrogens (tertiary/aromatic N) is 6. The van der Waals surface area contributed by atoms with Crippen LogP contribution in [-0.4, -0.2) is 36.9 Å². The van der Waals surface area contributed by atoms with Gasteiger partial charge in [-0.3, -0.25) is 4.79 Å². The van der Waals surface area contributed by atoms with E-state index in [0.717, 1.165) is 0 Å². The summed E-state index contributed by atoms with van der Waals surface area (Å²) in [6.45, 7) is 3.31. The van der Waals surface area contributed by atoms with Gasteiger partial charge in [-0.1, -0.05) is 17.3 Å². The molecular formula is C14H13FN8O2. The van der Waals surface area contributed by atoms with E-state index < -0.39 is 11.7 Å². The Kier molecular flexibility index (Phi) is 4.20. The minimum atomic E-state index is -0.684. The van der Waals surface area contributed by atoms with Gasteiger partial charge < -0.3 is 5.73 Å². The zero-order valence-corrected chi connectivity index (χ0v) is 13.3. The van der Waals surface area contributed by atoms with Crippen LogP contribution in [0.15, 0.2) is 34.0 Å². The molecule has 10 nitrogen and oxygen atoms in total. The van der Waals surface area contributed by atoms with E-state index in [1.165, 1.54) is 22.9 Å². The Bertz CT molecular complexity index is 961. The third-order valence-corrected chi connectivity index (χ3v) is 3.32. The summed E-state index contributed by atoms with van der Waals surface area (Å²) in [7, 11) is 0. The fourth-order valence-electron chi connectivity index (χ4n) is 2.15. The fraction of sp³-hybridized carbons (Fsp3) is 0.143. The lowest BCUT2D eigenvalue weighted by Crippen LogP contribution is -2.21. The number of hydrogen-bond acceptors (Lipinski definition) is 8. The van der Waals surface area contributed by atoms with Gasteiger partial charge in [0.05, 0.1) is 17.0 Å². The Hall–Kier alpha value is -3.63. The van der Waals surface area contributed by atoms with Crippen molar-refractivity contribution in [1.29, 1.82) is 0 Å². The van der Waals surface area contributed by atoms with Crippen molar-refractivity contribution in [3.63, 3.8) is 0 Å². The highest BCUT2D eigenvalue weighted by atomic mass is 19.1. The van der Waals surface area contributed by atoms with Gasteiger partial charge in [0.1, 0.15) is 11.5 Å². The predicted octanol–water partition coefficient (Wildman–Crippen LogP) is 0.834. The van der Waals surface area contributed by atoms with Gasteiger partial charge in [0.15, 0.2) is 0 Å². The van der Waals surface area contributed by atoms with Crippen molar-refractivity contribution in [2.24, 2.45) is 5.10 Å². The smallest absolute Gasteiger partial charge is 0.274 e. The minimum Gasteiger partial charge on any atom is -0.378 e. The Morgan fingerprint density at radius 3 is 2.80 bits per heavy atom. The van der Waals surface area contributed by atoms with Crippen LogP contribution in [0.2, 0.25) is 0 Å². The van der Waals surface area contributed by atoms with Gasteiger partial charge in [-0.15, -0.1) is 5.10 Å². The molecule has 0 saturated carbocycles. The lowest BCUT2D eigenvalue weighted by molar-refractivity contribution is 0.0951. The number of rotatable bonds is 4. The van der Waals surface area contributed by atoms with Crippen molar-refractivity contribution in [2.45, 2.75) is 13.8 Å². The van der Waals surface area contributed by atoms with Crippen LogP contribution in [0.1, 0.15) is 28.7 Å². The van der Waals surface area contributed by atoms with E-state index in [9.17, 15) is 9.18 Å². The van der Waals surface area contributed by atoms with Crippen LogP contribution in [0.3, 0.4) is 0 Å². The summed E-state index contributed by atoms with van der Waals surface area (Å²) in [6.07, 6.45) is 0. The first-order chi connectivity index (χ1) is 12.0. The summed E-state index contributed by atoms with van der Waals surface area (Å²) >= 11 is 0. The summed E-state index contributed by atoms with van der Waals surface area (Å²) < 4.78 is 19.5. The Labute approximate surface area is 140 Å². The number of aryl methyl sites for hydroxylation is 1. The molecule has 0 aliphatic carbocycles. The normalized spacial score (nSPS) is 11.6.